The highest BCUT2D eigenvalue weighted by Gasteiger charge is 2.39. The van der Waals surface area contributed by atoms with Gasteiger partial charge in [0.05, 0.1) is 10.6 Å². The SMILES string of the molecule is C[C@@H]1CN(c2ccc(F)cc2C(F)(F)F)CCN1S(=O)(=O)c1ccc(N2CCN[C@@H](C)C2)s1. The van der Waals surface area contributed by atoms with Crippen LogP contribution in [0.3, 0.4) is 0 Å². The largest absolute Gasteiger partial charge is 0.418 e. The minimum atomic E-state index is -4.71. The Hall–Kier alpha value is -1.89. The molecule has 0 unspecified atom stereocenters. The molecular formula is C21H26F4N4O2S2. The van der Waals surface area contributed by atoms with Crippen molar-refractivity contribution in [1.82, 2.24) is 9.62 Å². The van der Waals surface area contributed by atoms with E-state index in [-0.39, 0.29) is 29.5 Å². The standard InChI is InChI=1S/C21H26F4N4O2S2/c1-14-12-28(8-7-26-14)19-5-6-20(32-19)33(30,31)29-10-9-27(13-15(29)2)18-4-3-16(22)11-17(18)21(23,24)25/h3-6,11,14-15,26H,7-10,12-13H2,1-2H3/t14-,15+/m0/s1. The zero-order valence-corrected chi connectivity index (χ0v) is 19.9. The van der Waals surface area contributed by atoms with Gasteiger partial charge in [-0.1, -0.05) is 0 Å². The van der Waals surface area contributed by atoms with E-state index < -0.39 is 33.6 Å². The molecular weight excluding hydrogens is 480 g/mol. The van der Waals surface area contributed by atoms with Crippen molar-refractivity contribution in [3.05, 3.63) is 41.7 Å². The van der Waals surface area contributed by atoms with Crippen LogP contribution in [0.2, 0.25) is 0 Å². The maximum absolute atomic E-state index is 13.5. The van der Waals surface area contributed by atoms with Crippen LogP contribution >= 0.6 is 11.3 Å². The molecule has 1 N–H and O–H groups in total. The topological polar surface area (TPSA) is 55.9 Å². The molecule has 12 heteroatoms. The highest BCUT2D eigenvalue weighted by molar-refractivity contribution is 7.91. The fraction of sp³-hybridized carbons (Fsp3) is 0.524. The minimum Gasteiger partial charge on any atom is -0.368 e. The summed E-state index contributed by atoms with van der Waals surface area (Å²) in [6.07, 6.45) is -4.71. The highest BCUT2D eigenvalue weighted by atomic mass is 32.2. The smallest absolute Gasteiger partial charge is 0.368 e. The first-order valence-corrected chi connectivity index (χ1v) is 12.9. The number of piperazine rings is 2. The van der Waals surface area contributed by atoms with Crippen LogP contribution < -0.4 is 15.1 Å². The summed E-state index contributed by atoms with van der Waals surface area (Å²) >= 11 is 1.21. The summed E-state index contributed by atoms with van der Waals surface area (Å²) in [5, 5.41) is 4.23. The summed E-state index contributed by atoms with van der Waals surface area (Å²) < 4.78 is 82.0. The first-order chi connectivity index (χ1) is 15.5. The molecule has 2 aromatic rings. The quantitative estimate of drug-likeness (QED) is 0.643. The lowest BCUT2D eigenvalue weighted by atomic mass is 10.1. The molecule has 3 heterocycles. The van der Waals surface area contributed by atoms with E-state index in [2.05, 4.69) is 17.1 Å². The van der Waals surface area contributed by atoms with Crippen molar-refractivity contribution in [2.45, 2.75) is 36.3 Å². The third-order valence-corrected chi connectivity index (χ3v) is 9.61. The number of rotatable bonds is 4. The number of benzene rings is 1. The van der Waals surface area contributed by atoms with E-state index in [1.165, 1.54) is 20.5 Å². The van der Waals surface area contributed by atoms with E-state index in [4.69, 9.17) is 0 Å². The van der Waals surface area contributed by atoms with Gasteiger partial charge in [0.25, 0.3) is 10.0 Å². The molecule has 0 spiro atoms. The second-order valence-corrected chi connectivity index (χ2v) is 11.6. The summed E-state index contributed by atoms with van der Waals surface area (Å²) in [5.74, 6) is -0.965. The van der Waals surface area contributed by atoms with E-state index in [0.717, 1.165) is 36.8 Å². The maximum atomic E-state index is 13.5. The van der Waals surface area contributed by atoms with Gasteiger partial charge in [0, 0.05) is 57.0 Å². The molecule has 182 valence electrons. The number of sulfonamides is 1. The molecule has 2 aliphatic rings. The first-order valence-electron chi connectivity index (χ1n) is 10.7. The zero-order chi connectivity index (χ0) is 24.0. The van der Waals surface area contributed by atoms with Gasteiger partial charge in [-0.15, -0.1) is 11.3 Å². The van der Waals surface area contributed by atoms with Crippen LogP contribution in [0.4, 0.5) is 28.3 Å². The Kier molecular flexibility index (Phi) is 6.64. The van der Waals surface area contributed by atoms with E-state index >= 15 is 0 Å². The lowest BCUT2D eigenvalue weighted by Crippen LogP contribution is -2.54. The van der Waals surface area contributed by atoms with E-state index in [9.17, 15) is 26.0 Å². The van der Waals surface area contributed by atoms with Crippen molar-refractivity contribution in [3.63, 3.8) is 0 Å². The Morgan fingerprint density at radius 3 is 2.45 bits per heavy atom. The number of halogens is 4. The van der Waals surface area contributed by atoms with Gasteiger partial charge in [0.2, 0.25) is 0 Å². The fourth-order valence-corrected chi connectivity index (χ4v) is 7.47. The number of nitrogens with one attached hydrogen (secondary N) is 1. The van der Waals surface area contributed by atoms with Crippen molar-refractivity contribution >= 4 is 32.0 Å². The Balaban J connectivity index is 1.52. The van der Waals surface area contributed by atoms with Crippen LogP contribution in [0.5, 0.6) is 0 Å². The van der Waals surface area contributed by atoms with Gasteiger partial charge in [-0.05, 0) is 44.2 Å². The molecule has 1 aromatic heterocycles. The third kappa shape index (κ3) is 4.98. The number of anilines is 2. The van der Waals surface area contributed by atoms with Crippen LogP contribution in [0.1, 0.15) is 19.4 Å². The van der Waals surface area contributed by atoms with Crippen LogP contribution in [-0.2, 0) is 16.2 Å². The summed E-state index contributed by atoms with van der Waals surface area (Å²) in [7, 11) is -3.79. The second-order valence-electron chi connectivity index (χ2n) is 8.46. The molecule has 0 bridgehead atoms. The molecule has 2 atom stereocenters. The average Bonchev–Trinajstić information content (AvgIpc) is 3.24. The lowest BCUT2D eigenvalue weighted by Gasteiger charge is -2.40. The molecule has 0 saturated carbocycles. The van der Waals surface area contributed by atoms with Gasteiger partial charge in [-0.2, -0.15) is 17.5 Å². The Bertz CT molecular complexity index is 1110. The Morgan fingerprint density at radius 1 is 1.03 bits per heavy atom. The van der Waals surface area contributed by atoms with Gasteiger partial charge in [-0.3, -0.25) is 0 Å². The van der Waals surface area contributed by atoms with E-state index in [1.54, 1.807) is 13.0 Å². The molecule has 6 nitrogen and oxygen atoms in total. The van der Waals surface area contributed by atoms with Gasteiger partial charge < -0.3 is 15.1 Å². The summed E-state index contributed by atoms with van der Waals surface area (Å²) in [4.78, 5) is 3.63. The summed E-state index contributed by atoms with van der Waals surface area (Å²) in [5.41, 5.74) is -1.20. The summed E-state index contributed by atoms with van der Waals surface area (Å²) in [6.45, 7) is 6.33. The second kappa shape index (κ2) is 9.05. The van der Waals surface area contributed by atoms with Crippen molar-refractivity contribution in [2.24, 2.45) is 0 Å². The highest BCUT2D eigenvalue weighted by Crippen LogP contribution is 2.39. The van der Waals surface area contributed by atoms with Gasteiger partial charge >= 0.3 is 6.18 Å². The summed E-state index contributed by atoms with van der Waals surface area (Å²) in [6, 6.07) is 5.74. The van der Waals surface area contributed by atoms with Gasteiger partial charge in [0.1, 0.15) is 10.0 Å². The molecule has 0 amide bonds. The van der Waals surface area contributed by atoms with Crippen molar-refractivity contribution < 1.29 is 26.0 Å². The van der Waals surface area contributed by atoms with Crippen molar-refractivity contribution in [2.75, 3.05) is 49.1 Å². The molecule has 0 radical (unpaired) electrons. The number of hydrogen-bond acceptors (Lipinski definition) is 6. The molecule has 1 aromatic carbocycles. The Morgan fingerprint density at radius 2 is 1.79 bits per heavy atom. The van der Waals surface area contributed by atoms with Gasteiger partial charge in [-0.25, -0.2) is 12.8 Å². The van der Waals surface area contributed by atoms with Crippen molar-refractivity contribution in [3.8, 4) is 0 Å². The van der Waals surface area contributed by atoms with Crippen LogP contribution in [-0.4, -0.2) is 64.1 Å². The normalized spacial score (nSPS) is 23.2. The first kappa shape index (κ1) is 24.2. The van der Waals surface area contributed by atoms with Gasteiger partial charge in [0.15, 0.2) is 0 Å². The zero-order valence-electron chi connectivity index (χ0n) is 18.3. The molecule has 2 fully saturated rings. The third-order valence-electron chi connectivity index (χ3n) is 5.98. The van der Waals surface area contributed by atoms with Crippen LogP contribution in [0, 0.1) is 5.82 Å². The molecule has 0 aliphatic carbocycles. The average molecular weight is 507 g/mol. The molecule has 4 rings (SSSR count). The molecule has 2 aliphatic heterocycles. The van der Waals surface area contributed by atoms with E-state index in [1.807, 2.05) is 6.07 Å². The predicted octanol–water partition coefficient (Wildman–Crippen LogP) is 3.60. The monoisotopic (exact) mass is 506 g/mol. The molecule has 2 saturated heterocycles. The van der Waals surface area contributed by atoms with Crippen LogP contribution in [0.25, 0.3) is 0 Å². The number of hydrogen-bond donors (Lipinski definition) is 1. The fourth-order valence-electron chi connectivity index (χ4n) is 4.39. The van der Waals surface area contributed by atoms with E-state index in [0.29, 0.717) is 12.1 Å². The Labute approximate surface area is 194 Å². The lowest BCUT2D eigenvalue weighted by molar-refractivity contribution is -0.137. The predicted molar refractivity (Wildman–Crippen MR) is 121 cm³/mol. The number of thiophene rings is 1. The number of alkyl halides is 3. The molecule has 33 heavy (non-hydrogen) atoms. The van der Waals surface area contributed by atoms with Crippen LogP contribution in [0.15, 0.2) is 34.5 Å². The minimum absolute atomic E-state index is 0.0378. The number of nitrogens with zero attached hydrogens (tertiary/aromatic N) is 3. The van der Waals surface area contributed by atoms with Crippen molar-refractivity contribution in [1.29, 1.82) is 0 Å². The maximum Gasteiger partial charge on any atom is 0.418 e.